The molecule has 0 spiro atoms. The Morgan fingerprint density at radius 3 is 2.39 bits per heavy atom. The van der Waals surface area contributed by atoms with E-state index in [1.807, 2.05) is 0 Å². The van der Waals surface area contributed by atoms with Crippen LogP contribution in [-0.4, -0.2) is 37.0 Å². The standard InChI is InChI=1S/C14H20O4/c15-14(9-2-4-11-13(6-9)18-11)16-7-8-1-3-10-12(5-8)17-10/h8-13H,1-7H2/t8?,9?,10-,11?,12?,13?/m1/s1. The minimum Gasteiger partial charge on any atom is -0.465 e. The summed E-state index contributed by atoms with van der Waals surface area (Å²) in [5, 5.41) is 0. The van der Waals surface area contributed by atoms with Crippen molar-refractivity contribution in [2.45, 2.75) is 62.9 Å². The van der Waals surface area contributed by atoms with E-state index in [9.17, 15) is 4.79 Å². The molecule has 2 saturated heterocycles. The quantitative estimate of drug-likeness (QED) is 0.566. The van der Waals surface area contributed by atoms with Crippen LogP contribution in [0.4, 0.5) is 0 Å². The highest BCUT2D eigenvalue weighted by Gasteiger charge is 2.47. The largest absolute Gasteiger partial charge is 0.465 e. The van der Waals surface area contributed by atoms with E-state index in [-0.39, 0.29) is 11.9 Å². The van der Waals surface area contributed by atoms with Crippen molar-refractivity contribution in [3.63, 3.8) is 0 Å². The summed E-state index contributed by atoms with van der Waals surface area (Å²) in [6.45, 7) is 0.594. The molecule has 0 aromatic heterocycles. The van der Waals surface area contributed by atoms with Gasteiger partial charge in [-0.1, -0.05) is 0 Å². The molecule has 4 nitrogen and oxygen atoms in total. The molecule has 4 fully saturated rings. The van der Waals surface area contributed by atoms with E-state index in [0.717, 1.165) is 38.5 Å². The highest BCUT2D eigenvalue weighted by Crippen LogP contribution is 2.41. The van der Waals surface area contributed by atoms with Crippen molar-refractivity contribution < 1.29 is 19.0 Å². The number of hydrogen-bond donors (Lipinski definition) is 0. The van der Waals surface area contributed by atoms with Crippen LogP contribution in [0.1, 0.15) is 38.5 Å². The highest BCUT2D eigenvalue weighted by molar-refractivity contribution is 5.72. The molecular formula is C14H20O4. The van der Waals surface area contributed by atoms with Gasteiger partial charge in [-0.2, -0.15) is 0 Å². The summed E-state index contributed by atoms with van der Waals surface area (Å²) in [5.41, 5.74) is 0. The predicted octanol–water partition coefficient (Wildman–Crippen LogP) is 1.66. The van der Waals surface area contributed by atoms with Crippen LogP contribution in [0.5, 0.6) is 0 Å². The van der Waals surface area contributed by atoms with Gasteiger partial charge in [-0.05, 0) is 44.4 Å². The molecule has 2 heterocycles. The van der Waals surface area contributed by atoms with Gasteiger partial charge in [-0.3, -0.25) is 4.79 Å². The van der Waals surface area contributed by atoms with Crippen molar-refractivity contribution in [2.24, 2.45) is 11.8 Å². The number of hydrogen-bond acceptors (Lipinski definition) is 4. The van der Waals surface area contributed by atoms with E-state index in [1.165, 1.54) is 0 Å². The maximum absolute atomic E-state index is 12.0. The fourth-order valence-corrected chi connectivity index (χ4v) is 3.57. The van der Waals surface area contributed by atoms with Gasteiger partial charge in [-0.25, -0.2) is 0 Å². The first-order chi connectivity index (χ1) is 8.79. The van der Waals surface area contributed by atoms with E-state index >= 15 is 0 Å². The van der Waals surface area contributed by atoms with Gasteiger partial charge in [0.1, 0.15) is 0 Å². The van der Waals surface area contributed by atoms with Crippen LogP contribution in [0.25, 0.3) is 0 Å². The Kier molecular flexibility index (Phi) is 2.62. The molecule has 0 bridgehead atoms. The maximum Gasteiger partial charge on any atom is 0.309 e. The molecule has 2 aliphatic heterocycles. The zero-order valence-electron chi connectivity index (χ0n) is 10.5. The van der Waals surface area contributed by atoms with Crippen molar-refractivity contribution in [2.75, 3.05) is 6.61 Å². The lowest BCUT2D eigenvalue weighted by Crippen LogP contribution is -2.27. The number of fused-ring (bicyclic) bond motifs is 2. The minimum atomic E-state index is 0.00258. The number of carbonyl (C=O) groups is 1. The molecule has 0 amide bonds. The van der Waals surface area contributed by atoms with Gasteiger partial charge in [0.25, 0.3) is 0 Å². The molecule has 2 aliphatic carbocycles. The molecule has 5 unspecified atom stereocenters. The first-order valence-corrected chi connectivity index (χ1v) is 7.27. The van der Waals surface area contributed by atoms with Gasteiger partial charge in [0.05, 0.1) is 36.9 Å². The highest BCUT2D eigenvalue weighted by atomic mass is 16.6. The zero-order valence-corrected chi connectivity index (χ0v) is 10.5. The van der Waals surface area contributed by atoms with Crippen LogP contribution in [0.3, 0.4) is 0 Å². The average Bonchev–Trinajstić information content (AvgIpc) is 3.26. The summed E-state index contributed by atoms with van der Waals surface area (Å²) < 4.78 is 16.4. The molecule has 4 aliphatic rings. The second-order valence-corrected chi connectivity index (χ2v) is 6.25. The van der Waals surface area contributed by atoms with E-state index in [1.54, 1.807) is 0 Å². The fraction of sp³-hybridized carbons (Fsp3) is 0.929. The summed E-state index contributed by atoms with van der Waals surface area (Å²) in [6, 6.07) is 0. The molecule has 0 radical (unpaired) electrons. The molecular weight excluding hydrogens is 232 g/mol. The third kappa shape index (κ3) is 2.16. The summed E-state index contributed by atoms with van der Waals surface area (Å²) >= 11 is 0. The molecule has 6 atom stereocenters. The molecule has 4 rings (SSSR count). The summed E-state index contributed by atoms with van der Waals surface area (Å²) in [4.78, 5) is 12.0. The Balaban J connectivity index is 1.23. The third-order valence-corrected chi connectivity index (χ3v) is 4.91. The van der Waals surface area contributed by atoms with E-state index < -0.39 is 0 Å². The van der Waals surface area contributed by atoms with E-state index in [0.29, 0.717) is 36.9 Å². The number of rotatable bonds is 3. The lowest BCUT2D eigenvalue weighted by molar-refractivity contribution is -0.151. The summed E-state index contributed by atoms with van der Waals surface area (Å²) in [5.74, 6) is 0.608. The zero-order chi connectivity index (χ0) is 12.1. The Hall–Kier alpha value is -0.610. The first kappa shape index (κ1) is 11.2. The summed E-state index contributed by atoms with van der Waals surface area (Å²) in [7, 11) is 0. The molecule has 4 heteroatoms. The van der Waals surface area contributed by atoms with E-state index in [4.69, 9.17) is 14.2 Å². The molecule has 0 N–H and O–H groups in total. The van der Waals surface area contributed by atoms with Gasteiger partial charge in [0.15, 0.2) is 0 Å². The summed E-state index contributed by atoms with van der Waals surface area (Å²) in [6.07, 6.45) is 8.03. The Morgan fingerprint density at radius 2 is 1.67 bits per heavy atom. The van der Waals surface area contributed by atoms with Crippen molar-refractivity contribution in [1.82, 2.24) is 0 Å². The van der Waals surface area contributed by atoms with Gasteiger partial charge in [0.2, 0.25) is 0 Å². The first-order valence-electron chi connectivity index (χ1n) is 7.27. The molecule has 0 aromatic rings. The monoisotopic (exact) mass is 252 g/mol. The maximum atomic E-state index is 12.0. The average molecular weight is 252 g/mol. The Morgan fingerprint density at radius 1 is 0.944 bits per heavy atom. The van der Waals surface area contributed by atoms with Crippen LogP contribution < -0.4 is 0 Å². The van der Waals surface area contributed by atoms with Gasteiger partial charge < -0.3 is 14.2 Å². The van der Waals surface area contributed by atoms with E-state index in [2.05, 4.69) is 0 Å². The SMILES string of the molecule is O=C(OCC1CC[C@H]2OC2C1)C1CCC2OC2C1. The van der Waals surface area contributed by atoms with Crippen LogP contribution in [0, 0.1) is 11.8 Å². The predicted molar refractivity (Wildman–Crippen MR) is 63.0 cm³/mol. The molecule has 2 saturated carbocycles. The van der Waals surface area contributed by atoms with Gasteiger partial charge in [-0.15, -0.1) is 0 Å². The number of carbonyl (C=O) groups excluding carboxylic acids is 1. The van der Waals surface area contributed by atoms with Crippen LogP contribution in [0.15, 0.2) is 0 Å². The number of epoxide rings is 2. The van der Waals surface area contributed by atoms with Gasteiger partial charge in [0, 0.05) is 0 Å². The third-order valence-electron chi connectivity index (χ3n) is 4.91. The van der Waals surface area contributed by atoms with Crippen LogP contribution in [-0.2, 0) is 19.0 Å². The lowest BCUT2D eigenvalue weighted by atomic mass is 9.89. The molecule has 100 valence electrons. The van der Waals surface area contributed by atoms with Crippen molar-refractivity contribution in [3.05, 3.63) is 0 Å². The topological polar surface area (TPSA) is 51.4 Å². The second-order valence-electron chi connectivity index (χ2n) is 6.25. The normalized spacial score (nSPS) is 48.9. The Labute approximate surface area is 107 Å². The van der Waals surface area contributed by atoms with Crippen molar-refractivity contribution in [1.29, 1.82) is 0 Å². The smallest absolute Gasteiger partial charge is 0.309 e. The molecule has 0 aromatic carbocycles. The number of ether oxygens (including phenoxy) is 3. The van der Waals surface area contributed by atoms with Gasteiger partial charge >= 0.3 is 5.97 Å². The minimum absolute atomic E-state index is 0.00258. The van der Waals surface area contributed by atoms with Crippen LogP contribution >= 0.6 is 0 Å². The molecule has 18 heavy (non-hydrogen) atoms. The lowest BCUT2D eigenvalue weighted by Gasteiger charge is -2.21. The van der Waals surface area contributed by atoms with Crippen LogP contribution in [0.2, 0.25) is 0 Å². The Bertz CT molecular complexity index is 356. The number of esters is 1. The second kappa shape index (κ2) is 4.20. The van der Waals surface area contributed by atoms with Crippen molar-refractivity contribution in [3.8, 4) is 0 Å². The fourth-order valence-electron chi connectivity index (χ4n) is 3.57. The van der Waals surface area contributed by atoms with Crippen molar-refractivity contribution >= 4 is 5.97 Å².